The van der Waals surface area contributed by atoms with Crippen molar-refractivity contribution in [3.05, 3.63) is 308 Å². The summed E-state index contributed by atoms with van der Waals surface area (Å²) in [6, 6.07) is 52.3. The molecule has 28 nitrogen and oxygen atoms in total. The summed E-state index contributed by atoms with van der Waals surface area (Å²) < 4.78 is 82.3. The molecule has 16 aromatic heterocycles. The molecule has 0 atom stereocenters. The number of aryl methyl sites for hydroxylation is 3. The first kappa shape index (κ1) is 90.6. The predicted octanol–water partition coefficient (Wildman–Crippen LogP) is 8.57. The van der Waals surface area contributed by atoms with Crippen LogP contribution in [0.25, 0.3) is 101 Å². The Balaban J connectivity index is 0.000000167. The summed E-state index contributed by atoms with van der Waals surface area (Å²) in [5.74, 6) is 3.40. The minimum absolute atomic E-state index is 0. The van der Waals surface area contributed by atoms with Gasteiger partial charge in [0.2, 0.25) is 0 Å². The van der Waals surface area contributed by atoms with Gasteiger partial charge in [0.05, 0.1) is 106 Å². The van der Waals surface area contributed by atoms with Gasteiger partial charge in [0, 0.05) is 141 Å². The molecule has 16 heterocycles. The Morgan fingerprint density at radius 1 is 0.432 bits per heavy atom. The molecular weight excluding hydrogens is 1680 g/mol. The SMILES string of the molecule is C.C.CCCOS(=O)(=O)c1ccc(C)cc1.Cc1ccc(S(=O)(=O)OCCn2ccc(-c3ccc(-n4ccc5ccncc54)nc3)n2)cc1.Ic1ccc(-n2ccc3ccncc32)nc1.OB(O)c1ccn[nH]1.[18F-].[18F]CCn1ccc(-c2ccc(-n3ccc4ccncc43)nc2)n1.[K+].c1cc2ccn(-c3ccc(-c4ccn[nH]4)cn3)c2cn1. The second-order valence-corrected chi connectivity index (χ2v) is 29.7. The number of hydrogen-bond donors (Lipinski definition) is 4. The van der Waals surface area contributed by atoms with Crippen LogP contribution in [-0.4, -0.2) is 152 Å². The molecule has 0 aliphatic rings. The Labute approximate surface area is 736 Å². The number of nitrogens with one attached hydrogen (secondary N) is 2. The van der Waals surface area contributed by atoms with E-state index in [0.717, 1.165) is 110 Å². The van der Waals surface area contributed by atoms with Gasteiger partial charge in [-0.3, -0.25) is 66.1 Å². The molecule has 2 aromatic carbocycles. The molecule has 18 aromatic rings. The normalized spacial score (nSPS) is 10.8. The number of H-pyrrole nitrogens is 2. The average Bonchev–Trinajstić information content (AvgIpc) is 1.29. The van der Waals surface area contributed by atoms with Crippen LogP contribution in [0.1, 0.15) is 39.3 Å². The first-order valence-electron chi connectivity index (χ1n) is 35.5. The first-order valence-corrected chi connectivity index (χ1v) is 39.4. The molecule has 4 N–H and O–H groups in total. The van der Waals surface area contributed by atoms with Crippen LogP contribution >= 0.6 is 22.6 Å². The molecule has 0 aliphatic carbocycles. The molecule has 598 valence electrons. The second-order valence-electron chi connectivity index (χ2n) is 25.2. The summed E-state index contributed by atoms with van der Waals surface area (Å²) in [5, 5.41) is 42.9. The van der Waals surface area contributed by atoms with E-state index >= 15 is 0 Å². The number of aromatic amines is 2. The van der Waals surface area contributed by atoms with E-state index in [1.165, 1.54) is 17.6 Å². The monoisotopic (exact) mass is 1760 g/mol. The Bertz CT molecular complexity index is 6350. The zero-order valence-corrected chi connectivity index (χ0v) is 69.8. The number of pyridine rings is 8. The van der Waals surface area contributed by atoms with Gasteiger partial charge < -0.3 is 14.8 Å². The van der Waals surface area contributed by atoms with Crippen LogP contribution in [0.3, 0.4) is 0 Å². The van der Waals surface area contributed by atoms with Crippen LogP contribution in [0, 0.1) is 17.4 Å². The molecule has 0 unspecified atom stereocenters. The fraction of sp³-hybridized carbons (Fsp3) is 0.133. The third kappa shape index (κ3) is 23.3. The van der Waals surface area contributed by atoms with E-state index in [-0.39, 0.29) is 100 Å². The maximum Gasteiger partial charge on any atom is 1.00 e. The van der Waals surface area contributed by atoms with Crippen molar-refractivity contribution in [1.29, 1.82) is 0 Å². The van der Waals surface area contributed by atoms with Crippen LogP contribution in [0.15, 0.2) is 304 Å². The molecule has 0 saturated heterocycles. The summed E-state index contributed by atoms with van der Waals surface area (Å²) in [5.41, 5.74) is 11.7. The van der Waals surface area contributed by atoms with Crippen LogP contribution in [0.5, 0.6) is 0 Å². The van der Waals surface area contributed by atoms with Crippen LogP contribution in [0.2, 0.25) is 0 Å². The van der Waals surface area contributed by atoms with E-state index in [4.69, 9.17) is 18.4 Å². The summed E-state index contributed by atoms with van der Waals surface area (Å²) in [7, 11) is -8.76. The molecular formula is C83H81BF2IKN20O8S2. The molecule has 35 heteroatoms. The summed E-state index contributed by atoms with van der Waals surface area (Å²) >= 11 is 2.25. The van der Waals surface area contributed by atoms with Gasteiger partial charge in [0.1, 0.15) is 29.9 Å². The van der Waals surface area contributed by atoms with Crippen molar-refractivity contribution in [3.63, 3.8) is 0 Å². The zero-order chi connectivity index (χ0) is 79.4. The maximum atomic E-state index is 12.3. The van der Waals surface area contributed by atoms with Crippen LogP contribution in [0.4, 0.5) is 4.39 Å². The molecule has 118 heavy (non-hydrogen) atoms. The molecule has 0 aliphatic heterocycles. The molecule has 0 fully saturated rings. The van der Waals surface area contributed by atoms with Gasteiger partial charge in [-0.15, -0.1) is 0 Å². The van der Waals surface area contributed by atoms with E-state index in [1.807, 2.05) is 204 Å². The quantitative estimate of drug-likeness (QED) is 0.0334. The summed E-state index contributed by atoms with van der Waals surface area (Å²) in [6.45, 7) is 6.04. The number of fused-ring (bicyclic) bond motifs is 4. The standard InChI is InChI=1S/C24H21N5O3S.C17H14FN5.C15H11N5.C12H8IN3.C10H14O3S.C3H5BN2O2.2CH4.FH.K/c1-18-2-5-21(6-3-18)33(30,31)32-15-14-28-12-10-22(27-28)20-4-7-24(26-16-20)29-13-9-19-8-11-25-17-23(19)29;18-6-10-22-8-5-15(21-22)14-1-2-17(20-11-14)23-9-4-13-3-7-19-12-16(13)23;1-2-15(17-9-12(1)13-4-7-18-19-13)20-8-5-11-3-6-16-10-14(11)20;13-10-1-2-12(15-7-10)16-6-4-9-3-5-14-8-11(9)16;1-3-8-13-14(11,12)10-6-4-9(2)5-7-10;7-4(8)3-1-2-5-6-3;;;;/h2-13,16-17H,14-15H2,1H3;1-5,7-9,11-12H,6,10H2;1-10H,(H,18,19);1-8H;4-7H,3,8H2,1-2H3;1-2,7-8H,(H,5,6);2*1H4;1H;/q;;;;;;;;;+1/p-1/i;18-1;;;;;;;1-1;. The number of nitrogens with zero attached hydrogens (tertiary/aromatic N) is 18. The third-order valence-corrected chi connectivity index (χ3v) is 20.6. The van der Waals surface area contributed by atoms with Gasteiger partial charge in [-0.1, -0.05) is 57.2 Å². The third-order valence-electron chi connectivity index (χ3n) is 17.3. The van der Waals surface area contributed by atoms with E-state index in [0.29, 0.717) is 18.6 Å². The summed E-state index contributed by atoms with van der Waals surface area (Å²) in [6.07, 6.45) is 37.1. The fourth-order valence-electron chi connectivity index (χ4n) is 11.4. The minimum Gasteiger partial charge on any atom is -1.00 e. The number of aromatic nitrogens is 20. The van der Waals surface area contributed by atoms with Crippen molar-refractivity contribution in [1.82, 2.24) is 98.1 Å². The fourth-order valence-corrected chi connectivity index (χ4v) is 13.6. The Morgan fingerprint density at radius 3 is 1.15 bits per heavy atom. The maximum absolute atomic E-state index is 12.3. The van der Waals surface area contributed by atoms with E-state index in [1.54, 1.807) is 114 Å². The average molecular weight is 1760 g/mol. The van der Waals surface area contributed by atoms with E-state index < -0.39 is 34.0 Å². The van der Waals surface area contributed by atoms with E-state index in [2.05, 4.69) is 105 Å². The smallest absolute Gasteiger partial charge is 1.00 e. The molecule has 0 spiro atoms. The van der Waals surface area contributed by atoms with Crippen molar-refractivity contribution < 1.29 is 95.7 Å². The molecule has 0 saturated carbocycles. The first-order chi connectivity index (χ1) is 55.5. The molecule has 18 rings (SSSR count). The largest absolute Gasteiger partial charge is 1.00 e. The van der Waals surface area contributed by atoms with E-state index in [9.17, 15) is 21.2 Å². The zero-order valence-electron chi connectivity index (χ0n) is 62.9. The number of alkyl halides is 1. The van der Waals surface area contributed by atoms with Crippen molar-refractivity contribution >= 4 is 99.2 Å². The van der Waals surface area contributed by atoms with Crippen molar-refractivity contribution in [2.75, 3.05) is 19.9 Å². The van der Waals surface area contributed by atoms with Gasteiger partial charge in [-0.25, -0.2) is 24.3 Å². The minimum atomic E-state index is -3.79. The van der Waals surface area contributed by atoms with Gasteiger partial charge in [-0.2, -0.15) is 37.2 Å². The van der Waals surface area contributed by atoms with Crippen molar-refractivity contribution in [3.8, 4) is 57.0 Å². The Hall–Kier alpha value is -11.3. The van der Waals surface area contributed by atoms with Crippen LogP contribution < -0.4 is 61.7 Å². The predicted molar refractivity (Wildman–Crippen MR) is 455 cm³/mol. The topological polar surface area (TPSA) is 343 Å². The summed E-state index contributed by atoms with van der Waals surface area (Å²) in [4.78, 5) is 35.0. The molecule has 0 radical (unpaired) electrons. The van der Waals surface area contributed by atoms with Gasteiger partial charge in [0.15, 0.2) is 0 Å². The van der Waals surface area contributed by atoms with Crippen molar-refractivity contribution in [2.24, 2.45) is 0 Å². The number of benzene rings is 2. The second kappa shape index (κ2) is 43.2. The number of rotatable bonds is 19. The Kier molecular flexibility index (Phi) is 33.2. The van der Waals surface area contributed by atoms with Crippen LogP contribution in [-0.2, 0) is 41.7 Å². The van der Waals surface area contributed by atoms with Crippen molar-refractivity contribution in [2.45, 2.75) is 64.9 Å². The van der Waals surface area contributed by atoms with Gasteiger partial charge >= 0.3 is 58.5 Å². The number of hydrogen-bond acceptors (Lipinski definition) is 20. The Morgan fingerprint density at radius 2 is 0.814 bits per heavy atom. The molecule has 0 amide bonds. The van der Waals surface area contributed by atoms with Gasteiger partial charge in [-0.05, 0) is 188 Å². The number of halogens is 3. The molecule has 0 bridgehead atoms. The van der Waals surface area contributed by atoms with Gasteiger partial charge in [0.25, 0.3) is 20.2 Å².